The van der Waals surface area contributed by atoms with E-state index < -0.39 is 53.2 Å². The van der Waals surface area contributed by atoms with Gasteiger partial charge in [0, 0.05) is 23.7 Å². The van der Waals surface area contributed by atoms with E-state index >= 15 is 0 Å². The number of hydrogen-bond acceptors (Lipinski definition) is 4. The molecule has 33 heavy (non-hydrogen) atoms. The molecule has 3 N–H and O–H groups in total. The molecule has 1 saturated heterocycles. The first-order chi connectivity index (χ1) is 15.3. The van der Waals surface area contributed by atoms with Crippen LogP contribution < -0.4 is 11.1 Å². The molecule has 0 spiro atoms. The molecule has 0 saturated carbocycles. The second-order valence-corrected chi connectivity index (χ2v) is 8.02. The number of nitrogens with two attached hydrogens (primary N) is 1. The van der Waals surface area contributed by atoms with Crippen molar-refractivity contribution < 1.29 is 36.3 Å². The fourth-order valence-corrected chi connectivity index (χ4v) is 4.16. The summed E-state index contributed by atoms with van der Waals surface area (Å²) in [7, 11) is 0. The van der Waals surface area contributed by atoms with Crippen molar-refractivity contribution in [3.63, 3.8) is 0 Å². The number of hydrogen-bond donors (Lipinski definition) is 2. The summed E-state index contributed by atoms with van der Waals surface area (Å²) in [5.74, 6) is -6.69. The van der Waals surface area contributed by atoms with Crippen LogP contribution in [-0.2, 0) is 16.0 Å². The van der Waals surface area contributed by atoms with Crippen molar-refractivity contribution in [1.82, 2.24) is 4.98 Å². The van der Waals surface area contributed by atoms with E-state index in [-0.39, 0.29) is 28.9 Å². The summed E-state index contributed by atoms with van der Waals surface area (Å²) < 4.78 is 75.5. The zero-order valence-corrected chi connectivity index (χ0v) is 18.0. The van der Waals surface area contributed by atoms with Gasteiger partial charge in [-0.05, 0) is 42.7 Å². The van der Waals surface area contributed by atoms with E-state index in [1.807, 2.05) is 0 Å². The summed E-state index contributed by atoms with van der Waals surface area (Å²) in [6, 6.07) is 4.47. The predicted octanol–water partition coefficient (Wildman–Crippen LogP) is 4.10. The van der Waals surface area contributed by atoms with Gasteiger partial charge in [-0.1, -0.05) is 19.9 Å². The lowest BCUT2D eigenvalue weighted by Crippen LogP contribution is -2.47. The van der Waals surface area contributed by atoms with E-state index in [4.69, 9.17) is 10.5 Å². The van der Waals surface area contributed by atoms with Gasteiger partial charge < -0.3 is 15.8 Å². The number of nitrogens with one attached hydrogen (secondary N) is 1. The lowest BCUT2D eigenvalue weighted by atomic mass is 9.75. The van der Waals surface area contributed by atoms with Crippen molar-refractivity contribution in [2.24, 2.45) is 11.7 Å². The third-order valence-electron chi connectivity index (χ3n) is 6.15. The number of pyridine rings is 1. The molecular formula is C22H22F5N3O3. The molecule has 0 radical (unpaired) electrons. The number of rotatable bonds is 5. The van der Waals surface area contributed by atoms with Gasteiger partial charge in [-0.3, -0.25) is 14.6 Å². The number of nitrogens with zero attached hydrogens (tertiary/aromatic N) is 1. The highest BCUT2D eigenvalue weighted by atomic mass is 19.4. The molecule has 4 atom stereocenters. The summed E-state index contributed by atoms with van der Waals surface area (Å²) in [5.41, 5.74) is 2.26. The van der Waals surface area contributed by atoms with E-state index in [1.165, 1.54) is 32.2 Å². The molecule has 0 bridgehead atoms. The van der Waals surface area contributed by atoms with Crippen molar-refractivity contribution in [2.75, 3.05) is 5.32 Å². The van der Waals surface area contributed by atoms with Crippen LogP contribution in [0.2, 0.25) is 0 Å². The number of carbonyl (C=O) groups is 2. The highest BCUT2D eigenvalue weighted by molar-refractivity contribution is 5.97. The van der Waals surface area contributed by atoms with Gasteiger partial charge >= 0.3 is 6.18 Å². The molecule has 3 rings (SSSR count). The second-order valence-electron chi connectivity index (χ2n) is 8.02. The summed E-state index contributed by atoms with van der Waals surface area (Å²) in [6.07, 6.45) is -5.35. The number of primary amides is 1. The number of alkyl halides is 3. The zero-order chi connectivity index (χ0) is 24.7. The molecule has 1 fully saturated rings. The summed E-state index contributed by atoms with van der Waals surface area (Å²) in [5, 5.41) is 2.41. The van der Waals surface area contributed by atoms with Crippen molar-refractivity contribution in [1.29, 1.82) is 0 Å². The first kappa shape index (κ1) is 24.6. The maximum Gasteiger partial charge on any atom is 0.417 e. The van der Waals surface area contributed by atoms with E-state index in [2.05, 4.69) is 10.3 Å². The number of anilines is 1. The van der Waals surface area contributed by atoms with Gasteiger partial charge in [-0.2, -0.15) is 13.2 Å². The fraction of sp³-hybridized carbons (Fsp3) is 0.409. The Labute approximate surface area is 186 Å². The minimum absolute atomic E-state index is 0.00839. The Hall–Kier alpha value is -3.08. The smallest absolute Gasteiger partial charge is 0.364 e. The minimum atomic E-state index is -4.85. The molecule has 0 unspecified atom stereocenters. The Morgan fingerprint density at radius 2 is 1.91 bits per heavy atom. The van der Waals surface area contributed by atoms with Gasteiger partial charge in [0.25, 0.3) is 11.8 Å². The number of amides is 2. The van der Waals surface area contributed by atoms with Crippen LogP contribution in [0, 0.1) is 17.6 Å². The molecule has 2 heterocycles. The SMILES string of the molecule is CCc1c([C@H]2[C@@H](C(=O)Nc3ccnc(C(N)=O)c3)O[C@](C)(C(F)(F)F)[C@@H]2C)ccc(F)c1F. The van der Waals surface area contributed by atoms with Crippen LogP contribution in [0.1, 0.15) is 48.3 Å². The van der Waals surface area contributed by atoms with Crippen LogP contribution in [0.5, 0.6) is 0 Å². The maximum absolute atomic E-state index is 14.5. The Balaban J connectivity index is 2.07. The van der Waals surface area contributed by atoms with Gasteiger partial charge in [0.2, 0.25) is 0 Å². The number of benzene rings is 1. The van der Waals surface area contributed by atoms with Crippen molar-refractivity contribution in [3.05, 3.63) is 58.9 Å². The summed E-state index contributed by atoms with van der Waals surface area (Å²) in [4.78, 5) is 28.1. The fourth-order valence-electron chi connectivity index (χ4n) is 4.16. The predicted molar refractivity (Wildman–Crippen MR) is 108 cm³/mol. The summed E-state index contributed by atoms with van der Waals surface area (Å²) >= 11 is 0. The Morgan fingerprint density at radius 1 is 1.24 bits per heavy atom. The average molecular weight is 471 g/mol. The van der Waals surface area contributed by atoms with Gasteiger partial charge in [-0.25, -0.2) is 8.78 Å². The largest absolute Gasteiger partial charge is 0.417 e. The molecule has 1 aliphatic rings. The first-order valence-corrected chi connectivity index (χ1v) is 10.1. The Morgan fingerprint density at radius 3 is 2.48 bits per heavy atom. The number of carbonyl (C=O) groups excluding carboxylic acids is 2. The molecule has 11 heteroatoms. The van der Waals surface area contributed by atoms with Crippen LogP contribution >= 0.6 is 0 Å². The molecule has 2 amide bonds. The molecule has 0 aliphatic carbocycles. The van der Waals surface area contributed by atoms with Crippen LogP contribution in [0.25, 0.3) is 0 Å². The van der Waals surface area contributed by atoms with Gasteiger partial charge in [0.15, 0.2) is 17.2 Å². The second kappa shape index (κ2) is 8.69. The van der Waals surface area contributed by atoms with Crippen LogP contribution in [0.3, 0.4) is 0 Å². The van der Waals surface area contributed by atoms with Crippen molar-refractivity contribution in [3.8, 4) is 0 Å². The first-order valence-electron chi connectivity index (χ1n) is 10.1. The standard InChI is InChI=1S/C22H22F5N3O3/c1-4-12-13(5-6-14(23)17(12)24)16-10(2)21(3,22(25,26)27)33-18(16)20(32)30-11-7-8-29-15(9-11)19(28)31/h5-10,16,18H,4H2,1-3H3,(H2,28,31)(H,29,30,32)/t10-,16+,18+,21+/m1/s1. The van der Waals surface area contributed by atoms with Crippen LogP contribution in [0.4, 0.5) is 27.6 Å². The lowest BCUT2D eigenvalue weighted by Gasteiger charge is -2.32. The number of ether oxygens (including phenoxy) is 1. The van der Waals surface area contributed by atoms with E-state index in [0.717, 1.165) is 19.1 Å². The maximum atomic E-state index is 14.5. The van der Waals surface area contributed by atoms with E-state index in [1.54, 1.807) is 0 Å². The van der Waals surface area contributed by atoms with Gasteiger partial charge in [0.05, 0.1) is 0 Å². The van der Waals surface area contributed by atoms with Crippen molar-refractivity contribution in [2.45, 2.75) is 51.0 Å². The third kappa shape index (κ3) is 4.29. The molecular weight excluding hydrogens is 449 g/mol. The highest BCUT2D eigenvalue weighted by Crippen LogP contribution is 2.54. The molecule has 1 aliphatic heterocycles. The third-order valence-corrected chi connectivity index (χ3v) is 6.15. The lowest BCUT2D eigenvalue weighted by molar-refractivity contribution is -0.272. The quantitative estimate of drug-likeness (QED) is 0.642. The summed E-state index contributed by atoms with van der Waals surface area (Å²) in [6.45, 7) is 3.60. The normalized spacial score (nSPS) is 25.2. The highest BCUT2D eigenvalue weighted by Gasteiger charge is 2.65. The van der Waals surface area contributed by atoms with Gasteiger partial charge in [0.1, 0.15) is 11.8 Å². The number of halogens is 5. The van der Waals surface area contributed by atoms with Crippen LogP contribution in [0.15, 0.2) is 30.5 Å². The zero-order valence-electron chi connectivity index (χ0n) is 18.0. The monoisotopic (exact) mass is 471 g/mol. The topological polar surface area (TPSA) is 94.3 Å². The van der Waals surface area contributed by atoms with Crippen LogP contribution in [-0.4, -0.2) is 34.7 Å². The number of aromatic nitrogens is 1. The minimum Gasteiger partial charge on any atom is -0.364 e. The molecule has 1 aromatic heterocycles. The van der Waals surface area contributed by atoms with Gasteiger partial charge in [-0.15, -0.1) is 0 Å². The van der Waals surface area contributed by atoms with E-state index in [0.29, 0.717) is 0 Å². The Kier molecular flexibility index (Phi) is 6.47. The molecule has 6 nitrogen and oxygen atoms in total. The average Bonchev–Trinajstić information content (AvgIpc) is 3.02. The molecule has 1 aromatic carbocycles. The molecule has 2 aromatic rings. The Bertz CT molecular complexity index is 1090. The van der Waals surface area contributed by atoms with Crippen molar-refractivity contribution >= 4 is 17.5 Å². The molecule has 178 valence electrons. The van der Waals surface area contributed by atoms with E-state index in [9.17, 15) is 31.5 Å².